The Morgan fingerprint density at radius 2 is 1.88 bits per heavy atom. The molecule has 1 aliphatic heterocycles. The molecule has 3 heterocycles. The molecule has 1 saturated heterocycles. The third-order valence-electron chi connectivity index (χ3n) is 4.14. The molecule has 6 heteroatoms. The topological polar surface area (TPSA) is 62.0 Å². The van der Waals surface area contributed by atoms with E-state index in [2.05, 4.69) is 22.0 Å². The average molecular weight is 348 g/mol. The first kappa shape index (κ1) is 15.8. The zero-order valence-corrected chi connectivity index (χ0v) is 14.4. The molecular formula is C19H16N4OS. The molecule has 0 radical (unpaired) electrons. The van der Waals surface area contributed by atoms with Gasteiger partial charge in [0.15, 0.2) is 0 Å². The third-order valence-corrected chi connectivity index (χ3v) is 5.03. The van der Waals surface area contributed by atoms with E-state index >= 15 is 0 Å². The summed E-state index contributed by atoms with van der Waals surface area (Å²) in [6.45, 7) is 3.22. The van der Waals surface area contributed by atoms with Crippen molar-refractivity contribution in [3.05, 3.63) is 53.5 Å². The molecule has 124 valence electrons. The van der Waals surface area contributed by atoms with Crippen LogP contribution < -0.4 is 4.90 Å². The van der Waals surface area contributed by atoms with Gasteiger partial charge in [0.1, 0.15) is 10.8 Å². The summed E-state index contributed by atoms with van der Waals surface area (Å²) in [5, 5.41) is 11.9. The van der Waals surface area contributed by atoms with Gasteiger partial charge in [0.25, 0.3) is 0 Å². The second kappa shape index (κ2) is 7.01. The monoisotopic (exact) mass is 348 g/mol. The number of nitriles is 1. The summed E-state index contributed by atoms with van der Waals surface area (Å²) in [6.07, 6.45) is 1.84. The number of ether oxygens (including phenoxy) is 1. The molecule has 2 aromatic heterocycles. The summed E-state index contributed by atoms with van der Waals surface area (Å²) in [4.78, 5) is 11.5. The van der Waals surface area contributed by atoms with E-state index in [9.17, 15) is 0 Å². The second-order valence-corrected chi connectivity index (χ2v) is 6.59. The molecule has 3 aromatic rings. The molecule has 25 heavy (non-hydrogen) atoms. The van der Waals surface area contributed by atoms with Gasteiger partial charge in [-0.2, -0.15) is 5.26 Å². The van der Waals surface area contributed by atoms with Crippen LogP contribution in [0.4, 0.5) is 5.82 Å². The Bertz CT molecular complexity index is 908. The molecule has 0 bridgehead atoms. The lowest BCUT2D eigenvalue weighted by Crippen LogP contribution is -2.36. The van der Waals surface area contributed by atoms with E-state index in [1.165, 1.54) is 0 Å². The number of rotatable bonds is 3. The van der Waals surface area contributed by atoms with Crippen LogP contribution in [0.2, 0.25) is 0 Å². The van der Waals surface area contributed by atoms with Crippen LogP contribution in [0, 0.1) is 11.3 Å². The fourth-order valence-electron chi connectivity index (χ4n) is 2.77. The van der Waals surface area contributed by atoms with Gasteiger partial charge in [-0.3, -0.25) is 0 Å². The molecular weight excluding hydrogens is 332 g/mol. The van der Waals surface area contributed by atoms with Crippen molar-refractivity contribution in [1.82, 2.24) is 9.97 Å². The fourth-order valence-corrected chi connectivity index (χ4v) is 3.60. The average Bonchev–Trinajstić information content (AvgIpc) is 3.19. The molecule has 0 atom stereocenters. The lowest BCUT2D eigenvalue weighted by atomic mass is 10.1. The molecule has 1 aromatic carbocycles. The number of thiazole rings is 1. The minimum absolute atomic E-state index is 0.656. The molecule has 1 aliphatic rings. The Morgan fingerprint density at radius 3 is 2.64 bits per heavy atom. The summed E-state index contributed by atoms with van der Waals surface area (Å²) in [5.41, 5.74) is 3.67. The van der Waals surface area contributed by atoms with Crippen molar-refractivity contribution < 1.29 is 4.74 Å². The summed E-state index contributed by atoms with van der Waals surface area (Å²) in [7, 11) is 0. The number of morpholine rings is 1. The molecule has 1 fully saturated rings. The minimum Gasteiger partial charge on any atom is -0.378 e. The van der Waals surface area contributed by atoms with Crippen molar-refractivity contribution in [3.63, 3.8) is 0 Å². The van der Waals surface area contributed by atoms with Gasteiger partial charge in [0, 0.05) is 35.8 Å². The number of benzene rings is 1. The van der Waals surface area contributed by atoms with E-state index < -0.39 is 0 Å². The number of hydrogen-bond acceptors (Lipinski definition) is 6. The normalized spacial score (nSPS) is 14.3. The zero-order chi connectivity index (χ0) is 17.1. The van der Waals surface area contributed by atoms with Crippen LogP contribution in [-0.2, 0) is 4.74 Å². The lowest BCUT2D eigenvalue weighted by Gasteiger charge is -2.27. The first-order valence-electron chi connectivity index (χ1n) is 8.09. The molecule has 5 nitrogen and oxygen atoms in total. The number of hydrogen-bond donors (Lipinski definition) is 0. The van der Waals surface area contributed by atoms with Crippen molar-refractivity contribution in [3.8, 4) is 27.9 Å². The van der Waals surface area contributed by atoms with Gasteiger partial charge in [-0.25, -0.2) is 9.97 Å². The first-order valence-corrected chi connectivity index (χ1v) is 8.96. The SMILES string of the molecule is N#Cc1ccc(-c2csc(-c3ccnc(N4CCOCC4)c3)n2)cc1. The Labute approximate surface area is 150 Å². The molecule has 0 unspecified atom stereocenters. The Morgan fingerprint density at radius 1 is 1.08 bits per heavy atom. The maximum atomic E-state index is 8.90. The van der Waals surface area contributed by atoms with Crippen molar-refractivity contribution in [2.24, 2.45) is 0 Å². The van der Waals surface area contributed by atoms with Gasteiger partial charge in [-0.15, -0.1) is 11.3 Å². The standard InChI is InChI=1S/C19H16N4OS/c20-12-14-1-3-15(4-2-14)17-13-25-19(22-17)16-5-6-21-18(11-16)23-7-9-24-10-8-23/h1-6,11,13H,7-10H2. The zero-order valence-electron chi connectivity index (χ0n) is 13.6. The van der Waals surface area contributed by atoms with E-state index in [1.807, 2.05) is 41.9 Å². The number of aromatic nitrogens is 2. The molecule has 0 saturated carbocycles. The lowest BCUT2D eigenvalue weighted by molar-refractivity contribution is 0.122. The number of anilines is 1. The van der Waals surface area contributed by atoms with Crippen LogP contribution in [-0.4, -0.2) is 36.3 Å². The maximum Gasteiger partial charge on any atom is 0.129 e. The van der Waals surface area contributed by atoms with Crippen LogP contribution in [0.5, 0.6) is 0 Å². The maximum absolute atomic E-state index is 8.90. The Balaban J connectivity index is 1.60. The first-order chi connectivity index (χ1) is 12.3. The van der Waals surface area contributed by atoms with Gasteiger partial charge in [-0.05, 0) is 24.3 Å². The smallest absolute Gasteiger partial charge is 0.129 e. The fraction of sp³-hybridized carbons (Fsp3) is 0.211. The van der Waals surface area contributed by atoms with Gasteiger partial charge < -0.3 is 9.64 Å². The van der Waals surface area contributed by atoms with Crippen LogP contribution >= 0.6 is 11.3 Å². The highest BCUT2D eigenvalue weighted by Gasteiger charge is 2.14. The predicted octanol–water partition coefficient (Wildman–Crippen LogP) is 3.58. The predicted molar refractivity (Wildman–Crippen MR) is 98.5 cm³/mol. The highest BCUT2D eigenvalue weighted by atomic mass is 32.1. The highest BCUT2D eigenvalue weighted by Crippen LogP contribution is 2.30. The van der Waals surface area contributed by atoms with Crippen LogP contribution in [0.15, 0.2) is 48.0 Å². The van der Waals surface area contributed by atoms with Crippen molar-refractivity contribution >= 4 is 17.2 Å². The molecule has 0 N–H and O–H groups in total. The van der Waals surface area contributed by atoms with E-state index in [0.29, 0.717) is 5.56 Å². The van der Waals surface area contributed by atoms with Gasteiger partial charge >= 0.3 is 0 Å². The van der Waals surface area contributed by atoms with Crippen molar-refractivity contribution in [2.45, 2.75) is 0 Å². The summed E-state index contributed by atoms with van der Waals surface area (Å²) < 4.78 is 5.41. The molecule has 0 aliphatic carbocycles. The van der Waals surface area contributed by atoms with E-state index in [0.717, 1.165) is 53.9 Å². The van der Waals surface area contributed by atoms with E-state index in [-0.39, 0.29) is 0 Å². The molecule has 4 rings (SSSR count). The summed E-state index contributed by atoms with van der Waals surface area (Å²) in [6, 6.07) is 13.7. The van der Waals surface area contributed by atoms with Crippen LogP contribution in [0.1, 0.15) is 5.56 Å². The quantitative estimate of drug-likeness (QED) is 0.724. The van der Waals surface area contributed by atoms with E-state index in [4.69, 9.17) is 15.0 Å². The van der Waals surface area contributed by atoms with Gasteiger partial charge in [0.05, 0.1) is 30.5 Å². The van der Waals surface area contributed by atoms with Gasteiger partial charge in [0.2, 0.25) is 0 Å². The second-order valence-electron chi connectivity index (χ2n) is 5.73. The molecule has 0 amide bonds. The Hall–Kier alpha value is -2.75. The minimum atomic E-state index is 0.656. The van der Waals surface area contributed by atoms with Crippen molar-refractivity contribution in [2.75, 3.05) is 31.2 Å². The number of nitrogens with zero attached hydrogens (tertiary/aromatic N) is 4. The summed E-state index contributed by atoms with van der Waals surface area (Å²) in [5.74, 6) is 0.968. The third kappa shape index (κ3) is 3.38. The van der Waals surface area contributed by atoms with Gasteiger partial charge in [-0.1, -0.05) is 12.1 Å². The highest BCUT2D eigenvalue weighted by molar-refractivity contribution is 7.13. The number of pyridine rings is 1. The largest absolute Gasteiger partial charge is 0.378 e. The Kier molecular flexibility index (Phi) is 4.42. The summed E-state index contributed by atoms with van der Waals surface area (Å²) >= 11 is 1.62. The van der Waals surface area contributed by atoms with Crippen LogP contribution in [0.25, 0.3) is 21.8 Å². The van der Waals surface area contributed by atoms with Crippen LogP contribution in [0.3, 0.4) is 0 Å². The molecule has 0 spiro atoms. The van der Waals surface area contributed by atoms with E-state index in [1.54, 1.807) is 11.3 Å². The van der Waals surface area contributed by atoms with Crippen molar-refractivity contribution in [1.29, 1.82) is 5.26 Å².